The van der Waals surface area contributed by atoms with Crippen LogP contribution in [-0.4, -0.2) is 15.0 Å². The zero-order valence-corrected chi connectivity index (χ0v) is 8.27. The Hall–Kier alpha value is -1.29. The second kappa shape index (κ2) is 3.62. The molecule has 0 aliphatic rings. The van der Waals surface area contributed by atoms with Crippen LogP contribution >= 0.6 is 15.9 Å². The highest BCUT2D eigenvalue weighted by Gasteiger charge is 2.00. The van der Waals surface area contributed by atoms with Crippen molar-refractivity contribution in [1.29, 1.82) is 0 Å². The molecule has 4 heteroatoms. The van der Waals surface area contributed by atoms with Gasteiger partial charge in [-0.15, -0.1) is 0 Å². The van der Waals surface area contributed by atoms with E-state index in [2.05, 4.69) is 30.9 Å². The molecule has 64 valence electrons. The highest BCUT2D eigenvalue weighted by atomic mass is 79.9. The summed E-state index contributed by atoms with van der Waals surface area (Å²) in [5.41, 5.74) is 0.781. The summed E-state index contributed by atoms with van der Waals surface area (Å²) in [5.74, 6) is 0.634. The average Bonchev–Trinajstić information content (AvgIpc) is 2.19. The molecule has 0 saturated heterocycles. The van der Waals surface area contributed by atoms with Crippen LogP contribution in [0.4, 0.5) is 0 Å². The van der Waals surface area contributed by atoms with Crippen LogP contribution in [0.15, 0.2) is 41.3 Å². The van der Waals surface area contributed by atoms with Crippen molar-refractivity contribution in [3.63, 3.8) is 0 Å². The molecule has 0 fully saturated rings. The third-order valence-corrected chi connectivity index (χ3v) is 1.96. The van der Waals surface area contributed by atoms with E-state index in [1.165, 1.54) is 0 Å². The van der Waals surface area contributed by atoms with Crippen LogP contribution in [0.25, 0.3) is 11.5 Å². The van der Waals surface area contributed by atoms with E-state index in [9.17, 15) is 0 Å². The molecular weight excluding hydrogens is 230 g/mol. The van der Waals surface area contributed by atoms with Crippen molar-refractivity contribution in [2.75, 3.05) is 0 Å². The molecular formula is C9H6BrN3. The van der Waals surface area contributed by atoms with Crippen molar-refractivity contribution in [1.82, 2.24) is 15.0 Å². The van der Waals surface area contributed by atoms with Gasteiger partial charge < -0.3 is 0 Å². The molecule has 0 aliphatic heterocycles. The highest BCUT2D eigenvalue weighted by Crippen LogP contribution is 2.12. The zero-order valence-electron chi connectivity index (χ0n) is 6.68. The van der Waals surface area contributed by atoms with Crippen molar-refractivity contribution in [2.45, 2.75) is 0 Å². The van der Waals surface area contributed by atoms with E-state index in [0.29, 0.717) is 5.82 Å². The van der Waals surface area contributed by atoms with Gasteiger partial charge in [0.05, 0.1) is 0 Å². The molecule has 0 unspecified atom stereocenters. The monoisotopic (exact) mass is 235 g/mol. The number of hydrogen-bond donors (Lipinski definition) is 0. The van der Waals surface area contributed by atoms with Gasteiger partial charge in [0.25, 0.3) is 0 Å². The van der Waals surface area contributed by atoms with Crippen LogP contribution in [0, 0.1) is 0 Å². The normalized spacial score (nSPS) is 9.92. The lowest BCUT2D eigenvalue weighted by molar-refractivity contribution is 1.12. The topological polar surface area (TPSA) is 38.7 Å². The van der Waals surface area contributed by atoms with Crippen molar-refractivity contribution in [3.05, 3.63) is 41.3 Å². The van der Waals surface area contributed by atoms with Crippen LogP contribution < -0.4 is 0 Å². The van der Waals surface area contributed by atoms with Crippen LogP contribution in [0.5, 0.6) is 0 Å². The maximum absolute atomic E-state index is 4.19. The second-order valence-corrected chi connectivity index (χ2v) is 3.23. The Morgan fingerprint density at radius 1 is 1.00 bits per heavy atom. The number of rotatable bonds is 1. The Bertz CT molecular complexity index is 403. The fraction of sp³-hybridized carbons (Fsp3) is 0. The summed E-state index contributed by atoms with van der Waals surface area (Å²) >= 11 is 3.28. The molecule has 0 aliphatic carbocycles. The van der Waals surface area contributed by atoms with E-state index in [1.54, 1.807) is 18.5 Å². The van der Waals surface area contributed by atoms with Gasteiger partial charge in [-0.25, -0.2) is 9.97 Å². The molecule has 2 heterocycles. The van der Waals surface area contributed by atoms with Gasteiger partial charge in [0, 0.05) is 12.4 Å². The standard InChI is InChI=1S/C9H6BrN3/c10-8-4-6-12-9(13-8)7-3-1-2-5-11-7/h1-6H. The molecule has 2 aromatic rings. The van der Waals surface area contributed by atoms with Gasteiger partial charge in [-0.3, -0.25) is 4.98 Å². The van der Waals surface area contributed by atoms with Crippen LogP contribution in [0.3, 0.4) is 0 Å². The Labute approximate surface area is 84.0 Å². The fourth-order valence-electron chi connectivity index (χ4n) is 0.955. The summed E-state index contributed by atoms with van der Waals surface area (Å²) in [7, 11) is 0. The third kappa shape index (κ3) is 1.89. The Balaban J connectivity index is 2.48. The van der Waals surface area contributed by atoms with Gasteiger partial charge in [0.2, 0.25) is 0 Å². The molecule has 0 bridgehead atoms. The molecule has 0 aromatic carbocycles. The molecule has 2 aromatic heterocycles. The Morgan fingerprint density at radius 3 is 2.62 bits per heavy atom. The number of aromatic nitrogens is 3. The Kier molecular flexibility index (Phi) is 2.31. The molecule has 0 spiro atoms. The summed E-state index contributed by atoms with van der Waals surface area (Å²) in [6.07, 6.45) is 3.42. The summed E-state index contributed by atoms with van der Waals surface area (Å²) < 4.78 is 0.767. The lowest BCUT2D eigenvalue weighted by Gasteiger charge is -1.97. The van der Waals surface area contributed by atoms with Crippen molar-refractivity contribution < 1.29 is 0 Å². The van der Waals surface area contributed by atoms with E-state index in [0.717, 1.165) is 10.3 Å². The Morgan fingerprint density at radius 2 is 1.92 bits per heavy atom. The first-order chi connectivity index (χ1) is 6.36. The van der Waals surface area contributed by atoms with Gasteiger partial charge >= 0.3 is 0 Å². The lowest BCUT2D eigenvalue weighted by Crippen LogP contribution is -1.90. The second-order valence-electron chi connectivity index (χ2n) is 2.42. The fourth-order valence-corrected chi connectivity index (χ4v) is 1.24. The molecule has 2 rings (SSSR count). The third-order valence-electron chi connectivity index (χ3n) is 1.52. The largest absolute Gasteiger partial charge is 0.253 e. The predicted molar refractivity (Wildman–Crippen MR) is 53.0 cm³/mol. The summed E-state index contributed by atoms with van der Waals surface area (Å²) in [5, 5.41) is 0. The van der Waals surface area contributed by atoms with Crippen LogP contribution in [0.1, 0.15) is 0 Å². The average molecular weight is 236 g/mol. The number of hydrogen-bond acceptors (Lipinski definition) is 3. The van der Waals surface area contributed by atoms with Crippen LogP contribution in [0.2, 0.25) is 0 Å². The summed E-state index contributed by atoms with van der Waals surface area (Å²) in [4.78, 5) is 12.4. The molecule has 3 nitrogen and oxygen atoms in total. The minimum atomic E-state index is 0.634. The van der Waals surface area contributed by atoms with Gasteiger partial charge in [-0.1, -0.05) is 6.07 Å². The van der Waals surface area contributed by atoms with Crippen LogP contribution in [-0.2, 0) is 0 Å². The zero-order chi connectivity index (χ0) is 9.10. The smallest absolute Gasteiger partial charge is 0.179 e. The van der Waals surface area contributed by atoms with Crippen molar-refractivity contribution >= 4 is 15.9 Å². The molecule has 0 saturated carbocycles. The minimum Gasteiger partial charge on any atom is -0.253 e. The van der Waals surface area contributed by atoms with Gasteiger partial charge in [0.15, 0.2) is 5.82 Å². The van der Waals surface area contributed by atoms with E-state index >= 15 is 0 Å². The first kappa shape index (κ1) is 8.31. The predicted octanol–water partition coefficient (Wildman–Crippen LogP) is 2.30. The summed E-state index contributed by atoms with van der Waals surface area (Å²) in [6, 6.07) is 7.43. The van der Waals surface area contributed by atoms with E-state index in [4.69, 9.17) is 0 Å². The first-order valence-electron chi connectivity index (χ1n) is 3.76. The molecule has 0 amide bonds. The molecule has 0 N–H and O–H groups in total. The quantitative estimate of drug-likeness (QED) is 0.713. The summed E-state index contributed by atoms with van der Waals surface area (Å²) in [6.45, 7) is 0. The van der Waals surface area contributed by atoms with Gasteiger partial charge in [0.1, 0.15) is 10.3 Å². The van der Waals surface area contributed by atoms with Crippen molar-refractivity contribution in [2.24, 2.45) is 0 Å². The number of halogens is 1. The molecule has 13 heavy (non-hydrogen) atoms. The molecule has 0 radical (unpaired) electrons. The number of nitrogens with zero attached hydrogens (tertiary/aromatic N) is 3. The first-order valence-corrected chi connectivity index (χ1v) is 4.55. The van der Waals surface area contributed by atoms with Crippen molar-refractivity contribution in [3.8, 4) is 11.5 Å². The molecule has 0 atom stereocenters. The maximum atomic E-state index is 4.19. The number of pyridine rings is 1. The van der Waals surface area contributed by atoms with Gasteiger partial charge in [-0.2, -0.15) is 0 Å². The highest BCUT2D eigenvalue weighted by molar-refractivity contribution is 9.10. The minimum absolute atomic E-state index is 0.634. The lowest BCUT2D eigenvalue weighted by atomic mass is 10.3. The van der Waals surface area contributed by atoms with Gasteiger partial charge in [-0.05, 0) is 34.1 Å². The van der Waals surface area contributed by atoms with E-state index in [1.807, 2.05) is 18.2 Å². The van der Waals surface area contributed by atoms with E-state index < -0.39 is 0 Å². The SMILES string of the molecule is Brc1ccnc(-c2ccccn2)n1. The maximum Gasteiger partial charge on any atom is 0.179 e. The van der Waals surface area contributed by atoms with E-state index in [-0.39, 0.29) is 0 Å².